The van der Waals surface area contributed by atoms with Gasteiger partial charge in [0, 0.05) is 34.7 Å². The predicted molar refractivity (Wildman–Crippen MR) is 132 cm³/mol. The van der Waals surface area contributed by atoms with Crippen LogP contribution in [0, 0.1) is 5.92 Å². The van der Waals surface area contributed by atoms with Gasteiger partial charge in [-0.1, -0.05) is 29.8 Å². The molecule has 0 spiro atoms. The van der Waals surface area contributed by atoms with Gasteiger partial charge in [0.25, 0.3) is 0 Å². The first-order chi connectivity index (χ1) is 16.8. The number of nitrogens with one attached hydrogen (secondary N) is 1. The molecule has 0 bridgehead atoms. The molecule has 1 heterocycles. The zero-order valence-corrected chi connectivity index (χ0v) is 21.1. The van der Waals surface area contributed by atoms with E-state index in [0.717, 1.165) is 11.3 Å². The molecule has 3 atom stereocenters. The zero-order valence-electron chi connectivity index (χ0n) is 20.3. The third-order valence-electron chi connectivity index (χ3n) is 6.61. The van der Waals surface area contributed by atoms with E-state index in [1.54, 1.807) is 12.1 Å². The third-order valence-corrected chi connectivity index (χ3v) is 6.87. The Balaban J connectivity index is 1.89. The Morgan fingerprint density at radius 2 is 1.57 bits per heavy atom. The monoisotopic (exact) mass is 497 g/mol. The van der Waals surface area contributed by atoms with Crippen LogP contribution in [-0.2, 0) is 14.3 Å². The van der Waals surface area contributed by atoms with Crippen LogP contribution in [-0.4, -0.2) is 40.2 Å². The lowest BCUT2D eigenvalue weighted by Crippen LogP contribution is -2.41. The maximum Gasteiger partial charge on any atom is 0.336 e. The SMILES string of the molecule is COC(=O)C1=C(C)NC2=CC(c3ccc(Cl)cc3)CC(=O)C2C1c1cc(OC)c(OC)c(OC)c1. The molecule has 0 amide bonds. The van der Waals surface area contributed by atoms with Crippen molar-refractivity contribution >= 4 is 23.4 Å². The number of ether oxygens (including phenoxy) is 4. The summed E-state index contributed by atoms with van der Waals surface area (Å²) in [5.41, 5.74) is 3.46. The van der Waals surface area contributed by atoms with Crippen molar-refractivity contribution in [1.29, 1.82) is 0 Å². The Morgan fingerprint density at radius 3 is 2.11 bits per heavy atom. The average Bonchev–Trinajstić information content (AvgIpc) is 2.86. The number of hydrogen-bond donors (Lipinski definition) is 1. The van der Waals surface area contributed by atoms with Crippen LogP contribution in [0.3, 0.4) is 0 Å². The number of halogens is 1. The summed E-state index contributed by atoms with van der Waals surface area (Å²) >= 11 is 6.05. The summed E-state index contributed by atoms with van der Waals surface area (Å²) in [7, 11) is 5.91. The van der Waals surface area contributed by atoms with Gasteiger partial charge < -0.3 is 24.3 Å². The van der Waals surface area contributed by atoms with Crippen LogP contribution in [0.5, 0.6) is 17.2 Å². The number of carbonyl (C=O) groups excluding carboxylic acids is 2. The fourth-order valence-electron chi connectivity index (χ4n) is 5.02. The normalized spacial score (nSPS) is 21.5. The minimum Gasteiger partial charge on any atom is -0.493 e. The first kappa shape index (κ1) is 24.7. The van der Waals surface area contributed by atoms with Gasteiger partial charge in [-0.2, -0.15) is 0 Å². The molecule has 7 nitrogen and oxygen atoms in total. The van der Waals surface area contributed by atoms with Gasteiger partial charge in [-0.3, -0.25) is 4.79 Å². The molecule has 1 aliphatic heterocycles. The van der Waals surface area contributed by atoms with E-state index in [9.17, 15) is 9.59 Å². The van der Waals surface area contributed by atoms with E-state index < -0.39 is 17.8 Å². The second kappa shape index (κ2) is 10.0. The Bertz CT molecular complexity index is 1190. The Kier molecular flexibility index (Phi) is 7.08. The molecule has 2 aliphatic rings. The lowest BCUT2D eigenvalue weighted by Gasteiger charge is -2.39. The number of ketones is 1. The molecule has 2 aromatic carbocycles. The summed E-state index contributed by atoms with van der Waals surface area (Å²) < 4.78 is 21.7. The molecule has 35 heavy (non-hydrogen) atoms. The molecule has 0 radical (unpaired) electrons. The van der Waals surface area contributed by atoms with Crippen molar-refractivity contribution in [3.63, 3.8) is 0 Å². The molecule has 184 valence electrons. The standard InChI is InChI=1S/C27H28ClNO6/c1-14-23(27(31)35-5)24(17-12-21(32-2)26(34-4)22(13-17)33-3)25-19(29-14)10-16(11-20(25)30)15-6-8-18(28)9-7-15/h6-10,12-13,16,24-25,29H,11H2,1-5H3. The van der Waals surface area contributed by atoms with Crippen LogP contribution in [0.25, 0.3) is 0 Å². The number of rotatable bonds is 6. The Morgan fingerprint density at radius 1 is 0.943 bits per heavy atom. The fraction of sp³-hybridized carbons (Fsp3) is 0.333. The van der Waals surface area contributed by atoms with E-state index in [1.807, 2.05) is 31.2 Å². The van der Waals surface area contributed by atoms with Crippen molar-refractivity contribution in [3.05, 3.63) is 75.6 Å². The molecule has 0 saturated carbocycles. The van der Waals surface area contributed by atoms with E-state index in [-0.39, 0.29) is 11.7 Å². The van der Waals surface area contributed by atoms with Crippen LogP contribution in [0.2, 0.25) is 5.02 Å². The Hall–Kier alpha value is -3.45. The number of esters is 1. The molecule has 0 saturated heterocycles. The van der Waals surface area contributed by atoms with Crippen molar-refractivity contribution in [3.8, 4) is 17.2 Å². The maximum absolute atomic E-state index is 13.7. The highest BCUT2D eigenvalue weighted by Gasteiger charge is 2.45. The van der Waals surface area contributed by atoms with Crippen LogP contribution >= 0.6 is 11.6 Å². The second-order valence-corrected chi connectivity index (χ2v) is 8.96. The van der Waals surface area contributed by atoms with Gasteiger partial charge in [-0.15, -0.1) is 0 Å². The maximum atomic E-state index is 13.7. The van der Waals surface area contributed by atoms with Crippen LogP contribution < -0.4 is 19.5 Å². The second-order valence-electron chi connectivity index (χ2n) is 8.52. The van der Waals surface area contributed by atoms with Gasteiger partial charge in [0.2, 0.25) is 5.75 Å². The molecule has 1 N–H and O–H groups in total. The van der Waals surface area contributed by atoms with Crippen LogP contribution in [0.15, 0.2) is 59.4 Å². The first-order valence-corrected chi connectivity index (χ1v) is 11.6. The van der Waals surface area contributed by atoms with Gasteiger partial charge in [-0.25, -0.2) is 4.79 Å². The summed E-state index contributed by atoms with van der Waals surface area (Å²) in [6, 6.07) is 11.1. The van der Waals surface area contributed by atoms with Crippen LogP contribution in [0.4, 0.5) is 0 Å². The smallest absolute Gasteiger partial charge is 0.336 e. The highest BCUT2D eigenvalue weighted by atomic mass is 35.5. The Labute approximate surface area is 209 Å². The van der Waals surface area contributed by atoms with Gasteiger partial charge in [0.15, 0.2) is 11.5 Å². The van der Waals surface area contributed by atoms with Crippen molar-refractivity contribution in [2.75, 3.05) is 28.4 Å². The summed E-state index contributed by atoms with van der Waals surface area (Å²) in [6.45, 7) is 1.81. The average molecular weight is 498 g/mol. The highest BCUT2D eigenvalue weighted by Crippen LogP contribution is 2.49. The first-order valence-electron chi connectivity index (χ1n) is 11.2. The van der Waals surface area contributed by atoms with E-state index in [0.29, 0.717) is 45.5 Å². The van der Waals surface area contributed by atoms with E-state index in [4.69, 9.17) is 30.5 Å². The molecule has 0 aromatic heterocycles. The summed E-state index contributed by atoms with van der Waals surface area (Å²) in [4.78, 5) is 26.6. The molecule has 8 heteroatoms. The number of hydrogen-bond acceptors (Lipinski definition) is 7. The summed E-state index contributed by atoms with van der Waals surface area (Å²) in [6.07, 6.45) is 2.36. The third kappa shape index (κ3) is 4.48. The van der Waals surface area contributed by atoms with Gasteiger partial charge in [-0.05, 0) is 42.3 Å². The van der Waals surface area contributed by atoms with Crippen molar-refractivity contribution < 1.29 is 28.5 Å². The van der Waals surface area contributed by atoms with Gasteiger partial charge >= 0.3 is 5.97 Å². The molecule has 3 unspecified atom stereocenters. The molecular weight excluding hydrogens is 470 g/mol. The molecule has 4 rings (SSSR count). The minimum absolute atomic E-state index is 0.0163. The van der Waals surface area contributed by atoms with E-state index >= 15 is 0 Å². The molecule has 1 aliphatic carbocycles. The van der Waals surface area contributed by atoms with Gasteiger partial charge in [0.1, 0.15) is 5.78 Å². The number of methoxy groups -OCH3 is 4. The quantitative estimate of drug-likeness (QED) is 0.576. The number of allylic oxidation sites excluding steroid dienone is 3. The van der Waals surface area contributed by atoms with Crippen molar-refractivity contribution in [1.82, 2.24) is 5.32 Å². The highest BCUT2D eigenvalue weighted by molar-refractivity contribution is 6.30. The minimum atomic E-state index is -0.598. The number of carbonyl (C=O) groups is 2. The van der Waals surface area contributed by atoms with E-state index in [2.05, 4.69) is 11.4 Å². The van der Waals surface area contributed by atoms with Gasteiger partial charge in [0.05, 0.1) is 39.9 Å². The number of fused-ring (bicyclic) bond motifs is 1. The topological polar surface area (TPSA) is 83.1 Å². The molecule has 2 aromatic rings. The van der Waals surface area contributed by atoms with Crippen molar-refractivity contribution in [2.45, 2.75) is 25.2 Å². The number of benzene rings is 2. The lowest BCUT2D eigenvalue weighted by molar-refractivity contribution is -0.136. The van der Waals surface area contributed by atoms with E-state index in [1.165, 1.54) is 28.4 Å². The zero-order chi connectivity index (χ0) is 25.3. The predicted octanol–water partition coefficient (Wildman–Crippen LogP) is 4.76. The fourth-order valence-corrected chi connectivity index (χ4v) is 5.15. The molecule has 0 fully saturated rings. The number of Topliss-reactive ketones (excluding diaryl/α,β-unsaturated/α-hetero) is 1. The summed E-state index contributed by atoms with van der Waals surface area (Å²) in [5.74, 6) is -0.470. The van der Waals surface area contributed by atoms with Crippen molar-refractivity contribution in [2.24, 2.45) is 5.92 Å². The molecular formula is C27H28ClNO6. The summed E-state index contributed by atoms with van der Waals surface area (Å²) in [5, 5.41) is 3.95. The van der Waals surface area contributed by atoms with Crippen LogP contribution in [0.1, 0.15) is 36.3 Å². The largest absolute Gasteiger partial charge is 0.493 e. The lowest BCUT2D eigenvalue weighted by atomic mass is 9.68.